The highest BCUT2D eigenvalue weighted by Gasteiger charge is 2.23. The zero-order valence-corrected chi connectivity index (χ0v) is 19.7. The standard InChI is InChI=1S/C26H22ClN3O5/c1-3-22(24(31)28-17-9-10-19(27)18(13-17)25(32)33)35-26(34)16-8-11-20-21(12-16)30-23(29-20)15-6-4-14(2)5-7-15/h4-13,22H,3H2,1-2H3,(H,28,31)(H,29,30)(H,32,33). The third-order valence-corrected chi connectivity index (χ3v) is 5.75. The van der Waals surface area contributed by atoms with E-state index in [0.29, 0.717) is 16.9 Å². The van der Waals surface area contributed by atoms with E-state index in [9.17, 15) is 19.5 Å². The van der Waals surface area contributed by atoms with Crippen molar-refractivity contribution in [1.29, 1.82) is 0 Å². The minimum atomic E-state index is -1.22. The summed E-state index contributed by atoms with van der Waals surface area (Å²) in [7, 11) is 0. The smallest absolute Gasteiger partial charge is 0.338 e. The third-order valence-electron chi connectivity index (χ3n) is 5.42. The molecule has 4 rings (SSSR count). The molecule has 35 heavy (non-hydrogen) atoms. The van der Waals surface area contributed by atoms with Crippen molar-refractivity contribution < 1.29 is 24.2 Å². The number of halogens is 1. The van der Waals surface area contributed by atoms with Gasteiger partial charge in [-0.2, -0.15) is 0 Å². The number of rotatable bonds is 7. The van der Waals surface area contributed by atoms with E-state index < -0.39 is 23.9 Å². The number of carboxylic acids is 1. The maximum atomic E-state index is 12.8. The molecule has 0 saturated carbocycles. The predicted octanol–water partition coefficient (Wildman–Crippen LogP) is 5.46. The number of amides is 1. The first kappa shape index (κ1) is 24.0. The number of carboxylic acid groups (broad SMARTS) is 1. The number of hydrogen-bond donors (Lipinski definition) is 3. The second-order valence-electron chi connectivity index (χ2n) is 7.97. The lowest BCUT2D eigenvalue weighted by Gasteiger charge is -2.16. The zero-order chi connectivity index (χ0) is 25.1. The summed E-state index contributed by atoms with van der Waals surface area (Å²) in [6, 6.07) is 16.9. The van der Waals surface area contributed by atoms with Crippen LogP contribution >= 0.6 is 11.6 Å². The highest BCUT2D eigenvalue weighted by molar-refractivity contribution is 6.33. The van der Waals surface area contributed by atoms with Crippen molar-refractivity contribution in [3.8, 4) is 11.4 Å². The number of benzene rings is 3. The van der Waals surface area contributed by atoms with Crippen molar-refractivity contribution in [1.82, 2.24) is 9.97 Å². The fourth-order valence-electron chi connectivity index (χ4n) is 3.49. The van der Waals surface area contributed by atoms with Gasteiger partial charge in [-0.05, 0) is 49.7 Å². The number of aryl methyl sites for hydroxylation is 1. The SMILES string of the molecule is CCC(OC(=O)c1ccc2nc(-c3ccc(C)cc3)[nH]c2c1)C(=O)Nc1ccc(Cl)c(C(=O)O)c1. The van der Waals surface area contributed by atoms with Gasteiger partial charge in [0.1, 0.15) is 5.82 Å². The lowest BCUT2D eigenvalue weighted by atomic mass is 10.1. The summed E-state index contributed by atoms with van der Waals surface area (Å²) >= 11 is 5.87. The average molecular weight is 492 g/mol. The Labute approximate surface area is 205 Å². The van der Waals surface area contributed by atoms with Crippen LogP contribution in [0.2, 0.25) is 5.02 Å². The highest BCUT2D eigenvalue weighted by Crippen LogP contribution is 2.23. The molecule has 0 radical (unpaired) electrons. The van der Waals surface area contributed by atoms with Gasteiger partial charge in [0.2, 0.25) is 0 Å². The average Bonchev–Trinajstić information content (AvgIpc) is 3.27. The molecule has 0 aliphatic carbocycles. The second-order valence-corrected chi connectivity index (χ2v) is 8.38. The van der Waals surface area contributed by atoms with E-state index in [2.05, 4.69) is 15.3 Å². The Morgan fingerprint density at radius 1 is 1.09 bits per heavy atom. The van der Waals surface area contributed by atoms with E-state index in [1.54, 1.807) is 25.1 Å². The number of hydrogen-bond acceptors (Lipinski definition) is 5. The summed E-state index contributed by atoms with van der Waals surface area (Å²) in [6.07, 6.45) is -0.854. The summed E-state index contributed by atoms with van der Waals surface area (Å²) in [4.78, 5) is 44.5. The van der Waals surface area contributed by atoms with Crippen LogP contribution in [0.5, 0.6) is 0 Å². The number of esters is 1. The molecule has 3 aromatic carbocycles. The summed E-state index contributed by atoms with van der Waals surface area (Å²) in [6.45, 7) is 3.71. The van der Waals surface area contributed by atoms with Gasteiger partial charge >= 0.3 is 11.9 Å². The number of imidazole rings is 1. The summed E-state index contributed by atoms with van der Waals surface area (Å²) in [5, 5.41) is 11.8. The third kappa shape index (κ3) is 5.33. The van der Waals surface area contributed by atoms with Gasteiger partial charge < -0.3 is 20.1 Å². The number of aromatic carboxylic acids is 1. The van der Waals surface area contributed by atoms with E-state index in [-0.39, 0.29) is 28.3 Å². The van der Waals surface area contributed by atoms with Gasteiger partial charge in [0.05, 0.1) is 27.2 Å². The van der Waals surface area contributed by atoms with Crippen LogP contribution in [0.25, 0.3) is 22.4 Å². The van der Waals surface area contributed by atoms with Gasteiger partial charge in [0, 0.05) is 11.3 Å². The van der Waals surface area contributed by atoms with Crippen molar-refractivity contribution in [2.24, 2.45) is 0 Å². The van der Waals surface area contributed by atoms with Crippen LogP contribution in [0.1, 0.15) is 39.6 Å². The molecule has 1 atom stereocenters. The molecule has 1 aromatic heterocycles. The van der Waals surface area contributed by atoms with Crippen LogP contribution in [-0.4, -0.2) is 39.0 Å². The molecule has 0 fully saturated rings. The van der Waals surface area contributed by atoms with Gasteiger partial charge in [-0.3, -0.25) is 4.79 Å². The van der Waals surface area contributed by atoms with Gasteiger partial charge in [-0.1, -0.05) is 48.4 Å². The Bertz CT molecular complexity index is 1430. The van der Waals surface area contributed by atoms with Crippen molar-refractivity contribution in [2.75, 3.05) is 5.32 Å². The number of ether oxygens (including phenoxy) is 1. The van der Waals surface area contributed by atoms with Crippen LogP contribution in [-0.2, 0) is 9.53 Å². The first-order valence-corrected chi connectivity index (χ1v) is 11.2. The van der Waals surface area contributed by atoms with Crippen LogP contribution < -0.4 is 5.32 Å². The van der Waals surface area contributed by atoms with Crippen molar-refractivity contribution in [2.45, 2.75) is 26.4 Å². The fourth-order valence-corrected chi connectivity index (χ4v) is 3.69. The molecule has 0 aliphatic rings. The van der Waals surface area contributed by atoms with Crippen molar-refractivity contribution >= 4 is 46.2 Å². The van der Waals surface area contributed by atoms with Crippen LogP contribution in [0.3, 0.4) is 0 Å². The molecular weight excluding hydrogens is 470 g/mol. The number of nitrogens with zero attached hydrogens (tertiary/aromatic N) is 1. The first-order chi connectivity index (χ1) is 16.7. The molecular formula is C26H22ClN3O5. The normalized spacial score (nSPS) is 11.7. The zero-order valence-electron chi connectivity index (χ0n) is 19.0. The number of carbonyl (C=O) groups is 3. The van der Waals surface area contributed by atoms with Gasteiger partial charge in [-0.15, -0.1) is 0 Å². The minimum absolute atomic E-state index is 0.0497. The number of carbonyl (C=O) groups excluding carboxylic acids is 2. The summed E-state index contributed by atoms with van der Waals surface area (Å²) < 4.78 is 5.45. The van der Waals surface area contributed by atoms with Crippen LogP contribution in [0, 0.1) is 6.92 Å². The molecule has 1 heterocycles. The Hall–Kier alpha value is -4.17. The van der Waals surface area contributed by atoms with E-state index >= 15 is 0 Å². The Morgan fingerprint density at radius 3 is 2.51 bits per heavy atom. The number of anilines is 1. The molecule has 178 valence electrons. The number of aromatic amines is 1. The molecule has 1 unspecified atom stereocenters. The predicted molar refractivity (Wildman–Crippen MR) is 133 cm³/mol. The van der Waals surface area contributed by atoms with E-state index in [4.69, 9.17) is 16.3 Å². The number of aromatic nitrogens is 2. The van der Waals surface area contributed by atoms with Crippen molar-refractivity contribution in [3.05, 3.63) is 82.4 Å². The fraction of sp³-hybridized carbons (Fsp3) is 0.154. The number of H-pyrrole nitrogens is 1. The lowest BCUT2D eigenvalue weighted by molar-refractivity contribution is -0.124. The maximum absolute atomic E-state index is 12.8. The summed E-state index contributed by atoms with van der Waals surface area (Å²) in [5.74, 6) is -1.78. The lowest BCUT2D eigenvalue weighted by Crippen LogP contribution is -2.32. The Balaban J connectivity index is 1.48. The second kappa shape index (κ2) is 9.99. The number of fused-ring (bicyclic) bond motifs is 1. The molecule has 0 spiro atoms. The highest BCUT2D eigenvalue weighted by atomic mass is 35.5. The molecule has 4 aromatic rings. The molecule has 1 amide bonds. The molecule has 0 bridgehead atoms. The molecule has 0 aliphatic heterocycles. The van der Waals surface area contributed by atoms with Crippen LogP contribution in [0.15, 0.2) is 60.7 Å². The Kier molecular flexibility index (Phi) is 6.84. The summed E-state index contributed by atoms with van der Waals surface area (Å²) in [5.41, 5.74) is 3.77. The van der Waals surface area contributed by atoms with Gasteiger partial charge in [-0.25, -0.2) is 14.6 Å². The quantitative estimate of drug-likeness (QED) is 0.295. The van der Waals surface area contributed by atoms with Gasteiger partial charge in [0.25, 0.3) is 5.91 Å². The van der Waals surface area contributed by atoms with Crippen molar-refractivity contribution in [3.63, 3.8) is 0 Å². The van der Waals surface area contributed by atoms with E-state index in [1.165, 1.54) is 18.2 Å². The van der Waals surface area contributed by atoms with Gasteiger partial charge in [0.15, 0.2) is 6.10 Å². The maximum Gasteiger partial charge on any atom is 0.338 e. The Morgan fingerprint density at radius 2 is 1.83 bits per heavy atom. The number of nitrogens with one attached hydrogen (secondary N) is 2. The molecule has 3 N–H and O–H groups in total. The van der Waals surface area contributed by atoms with Crippen LogP contribution in [0.4, 0.5) is 5.69 Å². The first-order valence-electron chi connectivity index (χ1n) is 10.9. The molecule has 9 heteroatoms. The minimum Gasteiger partial charge on any atom is -0.478 e. The van der Waals surface area contributed by atoms with E-state index in [0.717, 1.165) is 11.1 Å². The topological polar surface area (TPSA) is 121 Å². The largest absolute Gasteiger partial charge is 0.478 e. The molecule has 0 saturated heterocycles. The molecule has 8 nitrogen and oxygen atoms in total. The monoisotopic (exact) mass is 491 g/mol. The van der Waals surface area contributed by atoms with E-state index in [1.807, 2.05) is 31.2 Å².